The Balaban J connectivity index is 2.48. The van der Waals surface area contributed by atoms with E-state index >= 15 is 0 Å². The molecule has 1 atom stereocenters. The van der Waals surface area contributed by atoms with Crippen LogP contribution in [0, 0.1) is 6.92 Å². The summed E-state index contributed by atoms with van der Waals surface area (Å²) in [4.78, 5) is 0. The zero-order chi connectivity index (χ0) is 14.9. The monoisotopic (exact) mass is 271 g/mol. The van der Waals surface area contributed by atoms with Crippen LogP contribution in [-0.4, -0.2) is 0 Å². The number of benzene rings is 1. The van der Waals surface area contributed by atoms with Gasteiger partial charge in [-0.3, -0.25) is 0 Å². The highest BCUT2D eigenvalue weighted by Gasteiger charge is 2.19. The molecule has 20 heavy (non-hydrogen) atoms. The van der Waals surface area contributed by atoms with Crippen molar-refractivity contribution in [1.82, 2.24) is 0 Å². The van der Waals surface area contributed by atoms with Crippen LogP contribution in [0.5, 0.6) is 0 Å². The van der Waals surface area contributed by atoms with Gasteiger partial charge in [-0.2, -0.15) is 0 Å². The van der Waals surface area contributed by atoms with Crippen molar-refractivity contribution in [2.75, 3.05) is 0 Å². The molecular formula is C18H25NO. The molecule has 1 aromatic carbocycles. The molecule has 1 heterocycles. The lowest BCUT2D eigenvalue weighted by Gasteiger charge is -2.20. The molecule has 2 N–H and O–H groups in total. The molecule has 0 spiro atoms. The Morgan fingerprint density at radius 3 is 2.10 bits per heavy atom. The molecule has 2 nitrogen and oxygen atoms in total. The predicted octanol–water partition coefficient (Wildman–Crippen LogP) is 4.88. The molecule has 2 aromatic rings. The van der Waals surface area contributed by atoms with Crippen molar-refractivity contribution in [3.63, 3.8) is 0 Å². The van der Waals surface area contributed by atoms with E-state index in [1.165, 1.54) is 16.7 Å². The minimum Gasteiger partial charge on any atom is -0.469 e. The third kappa shape index (κ3) is 2.80. The molecule has 0 aliphatic rings. The summed E-state index contributed by atoms with van der Waals surface area (Å²) in [6.07, 6.45) is 1.71. The maximum absolute atomic E-state index is 6.47. The summed E-state index contributed by atoms with van der Waals surface area (Å²) in [5.74, 6) is 1.90. The van der Waals surface area contributed by atoms with E-state index in [2.05, 4.69) is 45.9 Å². The van der Waals surface area contributed by atoms with Crippen LogP contribution in [0.15, 0.2) is 34.9 Å². The highest BCUT2D eigenvalue weighted by molar-refractivity contribution is 5.42. The fourth-order valence-electron chi connectivity index (χ4n) is 2.62. The van der Waals surface area contributed by atoms with Gasteiger partial charge >= 0.3 is 0 Å². The van der Waals surface area contributed by atoms with E-state index in [0.717, 1.165) is 11.3 Å². The van der Waals surface area contributed by atoms with Gasteiger partial charge in [-0.1, -0.05) is 45.9 Å². The van der Waals surface area contributed by atoms with Gasteiger partial charge < -0.3 is 10.2 Å². The molecule has 0 saturated heterocycles. The lowest BCUT2D eigenvalue weighted by molar-refractivity contribution is 0.527. The summed E-state index contributed by atoms with van der Waals surface area (Å²) in [6, 6.07) is 8.54. The maximum atomic E-state index is 6.47. The Hall–Kier alpha value is -1.54. The summed E-state index contributed by atoms with van der Waals surface area (Å²) in [6.45, 7) is 10.8. The van der Waals surface area contributed by atoms with Crippen molar-refractivity contribution >= 4 is 0 Å². The van der Waals surface area contributed by atoms with Crippen molar-refractivity contribution in [3.8, 4) is 0 Å². The predicted molar refractivity (Wildman–Crippen MR) is 84.1 cm³/mol. The van der Waals surface area contributed by atoms with E-state index < -0.39 is 0 Å². The molecule has 0 aliphatic carbocycles. The summed E-state index contributed by atoms with van der Waals surface area (Å²) in [5, 5.41) is 0. The van der Waals surface area contributed by atoms with E-state index in [1.807, 2.05) is 13.0 Å². The molecule has 2 rings (SSSR count). The van der Waals surface area contributed by atoms with Gasteiger partial charge in [0.05, 0.1) is 12.3 Å². The van der Waals surface area contributed by atoms with Crippen LogP contribution in [0.25, 0.3) is 0 Å². The Labute approximate surface area is 122 Å². The fraction of sp³-hybridized carbons (Fsp3) is 0.444. The number of aryl methyl sites for hydroxylation is 1. The van der Waals surface area contributed by atoms with Crippen LogP contribution in [0.4, 0.5) is 0 Å². The second kappa shape index (κ2) is 5.84. The average Bonchev–Trinajstić information content (AvgIpc) is 2.83. The molecule has 0 saturated carbocycles. The summed E-state index contributed by atoms with van der Waals surface area (Å²) >= 11 is 0. The molecule has 0 aliphatic heterocycles. The van der Waals surface area contributed by atoms with Gasteiger partial charge in [-0.05, 0) is 41.5 Å². The number of hydrogen-bond donors (Lipinski definition) is 1. The van der Waals surface area contributed by atoms with Crippen LogP contribution >= 0.6 is 0 Å². The zero-order valence-electron chi connectivity index (χ0n) is 13.1. The van der Waals surface area contributed by atoms with Crippen LogP contribution in [0.2, 0.25) is 0 Å². The molecular weight excluding hydrogens is 246 g/mol. The SMILES string of the molecule is Cc1occc1C(N)c1ccc(C(C)C)cc1C(C)C. The molecule has 1 unspecified atom stereocenters. The summed E-state index contributed by atoms with van der Waals surface area (Å²) in [7, 11) is 0. The quantitative estimate of drug-likeness (QED) is 0.860. The molecule has 0 bridgehead atoms. The number of furan rings is 1. The van der Waals surface area contributed by atoms with Crippen LogP contribution in [-0.2, 0) is 0 Å². The van der Waals surface area contributed by atoms with Crippen molar-refractivity contribution in [3.05, 3.63) is 58.5 Å². The number of hydrogen-bond acceptors (Lipinski definition) is 2. The lowest BCUT2D eigenvalue weighted by Crippen LogP contribution is -2.15. The van der Waals surface area contributed by atoms with Crippen molar-refractivity contribution in [2.45, 2.75) is 52.5 Å². The fourth-order valence-corrected chi connectivity index (χ4v) is 2.62. The van der Waals surface area contributed by atoms with Gasteiger partial charge in [0.15, 0.2) is 0 Å². The smallest absolute Gasteiger partial charge is 0.105 e. The standard InChI is InChI=1S/C18H25NO/c1-11(2)14-6-7-16(17(10-14)12(3)4)18(19)15-8-9-20-13(15)5/h6-12,18H,19H2,1-5H3. The van der Waals surface area contributed by atoms with Gasteiger partial charge in [0.25, 0.3) is 0 Å². The van der Waals surface area contributed by atoms with E-state index in [-0.39, 0.29) is 6.04 Å². The lowest BCUT2D eigenvalue weighted by atomic mass is 9.87. The second-order valence-electron chi connectivity index (χ2n) is 6.11. The molecule has 0 radical (unpaired) electrons. The highest BCUT2D eigenvalue weighted by atomic mass is 16.3. The Kier molecular flexibility index (Phi) is 4.34. The third-order valence-corrected chi connectivity index (χ3v) is 3.97. The van der Waals surface area contributed by atoms with Crippen LogP contribution in [0.1, 0.15) is 73.6 Å². The minimum absolute atomic E-state index is 0.118. The van der Waals surface area contributed by atoms with Crippen LogP contribution in [0.3, 0.4) is 0 Å². The van der Waals surface area contributed by atoms with Crippen LogP contribution < -0.4 is 5.73 Å². The first kappa shape index (κ1) is 14.9. The zero-order valence-corrected chi connectivity index (χ0v) is 13.1. The largest absolute Gasteiger partial charge is 0.469 e. The Bertz CT molecular complexity index is 581. The minimum atomic E-state index is -0.118. The van der Waals surface area contributed by atoms with Gasteiger partial charge in [-0.25, -0.2) is 0 Å². The summed E-state index contributed by atoms with van der Waals surface area (Å²) < 4.78 is 5.39. The topological polar surface area (TPSA) is 39.2 Å². The normalized spacial score (nSPS) is 13.2. The van der Waals surface area contributed by atoms with Crippen molar-refractivity contribution < 1.29 is 4.42 Å². The molecule has 2 heteroatoms. The van der Waals surface area contributed by atoms with Crippen molar-refractivity contribution in [2.24, 2.45) is 5.73 Å². The van der Waals surface area contributed by atoms with E-state index in [1.54, 1.807) is 6.26 Å². The summed E-state index contributed by atoms with van der Waals surface area (Å²) in [5.41, 5.74) is 11.4. The molecule has 1 aromatic heterocycles. The van der Waals surface area contributed by atoms with Gasteiger partial charge in [-0.15, -0.1) is 0 Å². The molecule has 108 valence electrons. The van der Waals surface area contributed by atoms with E-state index in [0.29, 0.717) is 11.8 Å². The number of rotatable bonds is 4. The third-order valence-electron chi connectivity index (χ3n) is 3.97. The first-order chi connectivity index (χ1) is 9.41. The average molecular weight is 271 g/mol. The Morgan fingerprint density at radius 1 is 0.900 bits per heavy atom. The maximum Gasteiger partial charge on any atom is 0.105 e. The van der Waals surface area contributed by atoms with E-state index in [9.17, 15) is 0 Å². The Morgan fingerprint density at radius 2 is 1.60 bits per heavy atom. The second-order valence-corrected chi connectivity index (χ2v) is 6.11. The van der Waals surface area contributed by atoms with E-state index in [4.69, 9.17) is 10.2 Å². The van der Waals surface area contributed by atoms with Gasteiger partial charge in [0.1, 0.15) is 5.76 Å². The first-order valence-corrected chi connectivity index (χ1v) is 7.35. The van der Waals surface area contributed by atoms with Gasteiger partial charge in [0.2, 0.25) is 0 Å². The van der Waals surface area contributed by atoms with Gasteiger partial charge in [0, 0.05) is 5.56 Å². The highest BCUT2D eigenvalue weighted by Crippen LogP contribution is 2.32. The van der Waals surface area contributed by atoms with Crippen molar-refractivity contribution in [1.29, 1.82) is 0 Å². The molecule has 0 fully saturated rings. The molecule has 0 amide bonds. The number of nitrogens with two attached hydrogens (primary N) is 1. The first-order valence-electron chi connectivity index (χ1n) is 7.35.